The van der Waals surface area contributed by atoms with Crippen LogP contribution in [-0.2, 0) is 6.61 Å². The lowest BCUT2D eigenvalue weighted by atomic mass is 10.1. The van der Waals surface area contributed by atoms with Gasteiger partial charge in [-0.3, -0.25) is 0 Å². The molecule has 0 bridgehead atoms. The standard InChI is InChI=1S/C9H5ClN2OS2/c10-15-9-12-8-6(4-13)1-5(3-11)2-7(8)14-9/h1-2,13H,4H2. The lowest BCUT2D eigenvalue weighted by molar-refractivity contribution is 0.283. The Labute approximate surface area is 98.8 Å². The van der Waals surface area contributed by atoms with Gasteiger partial charge in [-0.2, -0.15) is 5.26 Å². The zero-order valence-corrected chi connectivity index (χ0v) is 9.79. The van der Waals surface area contributed by atoms with Crippen LogP contribution in [0.1, 0.15) is 11.1 Å². The Morgan fingerprint density at radius 1 is 1.60 bits per heavy atom. The third-order valence-corrected chi connectivity index (χ3v) is 4.15. The highest BCUT2D eigenvalue weighted by molar-refractivity contribution is 8.22. The van der Waals surface area contributed by atoms with Crippen LogP contribution in [-0.4, -0.2) is 10.1 Å². The van der Waals surface area contributed by atoms with Gasteiger partial charge in [-0.15, -0.1) is 11.3 Å². The number of hydrogen-bond donors (Lipinski definition) is 1. The largest absolute Gasteiger partial charge is 0.392 e. The molecule has 0 radical (unpaired) electrons. The van der Waals surface area contributed by atoms with Crippen LogP contribution in [0.5, 0.6) is 0 Å². The predicted octanol–water partition coefficient (Wildman–Crippen LogP) is 2.91. The third-order valence-electron chi connectivity index (χ3n) is 1.92. The number of hydrogen-bond acceptors (Lipinski definition) is 5. The average molecular weight is 257 g/mol. The number of rotatable bonds is 2. The van der Waals surface area contributed by atoms with E-state index in [0.717, 1.165) is 25.5 Å². The van der Waals surface area contributed by atoms with E-state index < -0.39 is 0 Å². The number of thiazole rings is 1. The lowest BCUT2D eigenvalue weighted by Gasteiger charge is -1.97. The molecule has 0 aliphatic rings. The van der Waals surface area contributed by atoms with Crippen molar-refractivity contribution in [3.8, 4) is 6.07 Å². The zero-order chi connectivity index (χ0) is 10.8. The summed E-state index contributed by atoms with van der Waals surface area (Å²) >= 11 is 1.41. The highest BCUT2D eigenvalue weighted by Crippen LogP contribution is 2.33. The van der Waals surface area contributed by atoms with E-state index in [1.54, 1.807) is 12.1 Å². The van der Waals surface area contributed by atoms with E-state index in [1.165, 1.54) is 11.3 Å². The summed E-state index contributed by atoms with van der Waals surface area (Å²) < 4.78 is 1.60. The summed E-state index contributed by atoms with van der Waals surface area (Å²) in [6, 6.07) is 5.45. The Kier molecular flexibility index (Phi) is 3.12. The molecule has 0 saturated heterocycles. The minimum absolute atomic E-state index is 0.123. The number of nitrogens with zero attached hydrogens (tertiary/aromatic N) is 2. The molecule has 0 fully saturated rings. The minimum Gasteiger partial charge on any atom is -0.392 e. The number of aliphatic hydroxyl groups is 1. The molecule has 0 amide bonds. The monoisotopic (exact) mass is 256 g/mol. The normalized spacial score (nSPS) is 10.5. The van der Waals surface area contributed by atoms with E-state index in [4.69, 9.17) is 21.1 Å². The SMILES string of the molecule is N#Cc1cc(CO)c2nc(SCl)sc2c1. The van der Waals surface area contributed by atoms with Gasteiger partial charge >= 0.3 is 0 Å². The molecule has 3 nitrogen and oxygen atoms in total. The molecule has 0 unspecified atom stereocenters. The van der Waals surface area contributed by atoms with Crippen LogP contribution >= 0.6 is 33.0 Å². The van der Waals surface area contributed by atoms with Gasteiger partial charge < -0.3 is 5.11 Å². The molecular formula is C9H5ClN2OS2. The van der Waals surface area contributed by atoms with Crippen LogP contribution in [0.25, 0.3) is 10.2 Å². The summed E-state index contributed by atoms with van der Waals surface area (Å²) in [4.78, 5) is 4.26. The van der Waals surface area contributed by atoms with Crippen molar-refractivity contribution in [2.75, 3.05) is 0 Å². The Morgan fingerprint density at radius 3 is 3.00 bits per heavy atom. The Hall–Kier alpha value is -0.800. The molecular weight excluding hydrogens is 252 g/mol. The Balaban J connectivity index is 2.73. The maximum Gasteiger partial charge on any atom is 0.166 e. The Morgan fingerprint density at radius 2 is 2.40 bits per heavy atom. The second-order valence-corrected chi connectivity index (χ2v) is 5.10. The molecule has 0 atom stereocenters. The van der Waals surface area contributed by atoms with Crippen LogP contribution < -0.4 is 0 Å². The average Bonchev–Trinajstić information content (AvgIpc) is 2.70. The molecule has 6 heteroatoms. The van der Waals surface area contributed by atoms with Gasteiger partial charge in [0.2, 0.25) is 0 Å². The van der Waals surface area contributed by atoms with Crippen LogP contribution in [0.4, 0.5) is 0 Å². The smallest absolute Gasteiger partial charge is 0.166 e. The number of aliphatic hydroxyl groups excluding tert-OH is 1. The lowest BCUT2D eigenvalue weighted by Crippen LogP contribution is -1.87. The first-order valence-electron chi connectivity index (χ1n) is 4.01. The van der Waals surface area contributed by atoms with Crippen molar-refractivity contribution in [1.82, 2.24) is 4.98 Å². The number of benzene rings is 1. The quantitative estimate of drug-likeness (QED) is 0.898. The van der Waals surface area contributed by atoms with Crippen LogP contribution in [0.2, 0.25) is 0 Å². The van der Waals surface area contributed by atoms with E-state index >= 15 is 0 Å². The van der Waals surface area contributed by atoms with Gasteiger partial charge in [0.25, 0.3) is 0 Å². The topological polar surface area (TPSA) is 56.9 Å². The van der Waals surface area contributed by atoms with Gasteiger partial charge in [-0.1, -0.05) is 0 Å². The van der Waals surface area contributed by atoms with Gasteiger partial charge in [0, 0.05) is 16.5 Å². The van der Waals surface area contributed by atoms with E-state index in [1.807, 2.05) is 6.07 Å². The minimum atomic E-state index is -0.123. The molecule has 0 aliphatic carbocycles. The van der Waals surface area contributed by atoms with Gasteiger partial charge in [0.05, 0.1) is 28.5 Å². The summed E-state index contributed by atoms with van der Waals surface area (Å²) in [6.07, 6.45) is 0. The molecule has 0 saturated carbocycles. The van der Waals surface area contributed by atoms with Crippen molar-refractivity contribution < 1.29 is 5.11 Å². The molecule has 2 aromatic rings. The van der Waals surface area contributed by atoms with Crippen LogP contribution in [0.3, 0.4) is 0 Å². The van der Waals surface area contributed by atoms with E-state index in [-0.39, 0.29) is 6.61 Å². The van der Waals surface area contributed by atoms with Crippen molar-refractivity contribution in [2.24, 2.45) is 0 Å². The molecule has 76 valence electrons. The third kappa shape index (κ3) is 1.94. The van der Waals surface area contributed by atoms with Gasteiger partial charge in [0.15, 0.2) is 4.34 Å². The molecule has 0 aliphatic heterocycles. The second kappa shape index (κ2) is 4.37. The van der Waals surface area contributed by atoms with Gasteiger partial charge in [0.1, 0.15) is 0 Å². The first-order chi connectivity index (χ1) is 7.28. The summed E-state index contributed by atoms with van der Waals surface area (Å²) in [5.41, 5.74) is 1.92. The maximum absolute atomic E-state index is 9.15. The van der Waals surface area contributed by atoms with E-state index in [0.29, 0.717) is 11.1 Å². The molecule has 0 spiro atoms. The van der Waals surface area contributed by atoms with Crippen molar-refractivity contribution >= 4 is 43.2 Å². The van der Waals surface area contributed by atoms with E-state index in [9.17, 15) is 0 Å². The van der Waals surface area contributed by atoms with Crippen molar-refractivity contribution in [3.63, 3.8) is 0 Å². The van der Waals surface area contributed by atoms with Crippen molar-refractivity contribution in [3.05, 3.63) is 23.3 Å². The highest BCUT2D eigenvalue weighted by Gasteiger charge is 2.09. The number of aromatic nitrogens is 1. The van der Waals surface area contributed by atoms with Crippen LogP contribution in [0.15, 0.2) is 16.5 Å². The summed E-state index contributed by atoms with van der Waals surface area (Å²) in [6.45, 7) is -0.123. The summed E-state index contributed by atoms with van der Waals surface area (Å²) in [5, 5.41) is 18.0. The van der Waals surface area contributed by atoms with Crippen molar-refractivity contribution in [2.45, 2.75) is 10.9 Å². The molecule has 1 aromatic heterocycles. The van der Waals surface area contributed by atoms with E-state index in [2.05, 4.69) is 4.98 Å². The first kappa shape index (κ1) is 10.7. The fourth-order valence-corrected chi connectivity index (χ4v) is 2.99. The maximum atomic E-state index is 9.15. The number of halogens is 1. The highest BCUT2D eigenvalue weighted by atomic mass is 35.7. The summed E-state index contributed by atoms with van der Waals surface area (Å²) in [5.74, 6) is 0. The molecule has 15 heavy (non-hydrogen) atoms. The van der Waals surface area contributed by atoms with Gasteiger partial charge in [-0.05, 0) is 22.8 Å². The fourth-order valence-electron chi connectivity index (χ4n) is 1.30. The predicted molar refractivity (Wildman–Crippen MR) is 62.0 cm³/mol. The van der Waals surface area contributed by atoms with Gasteiger partial charge in [-0.25, -0.2) is 4.98 Å². The second-order valence-electron chi connectivity index (χ2n) is 2.81. The molecule has 1 aromatic carbocycles. The van der Waals surface area contributed by atoms with Crippen LogP contribution in [0, 0.1) is 11.3 Å². The van der Waals surface area contributed by atoms with Crippen molar-refractivity contribution in [1.29, 1.82) is 5.26 Å². The Bertz CT molecular complexity index is 547. The number of fused-ring (bicyclic) bond motifs is 1. The fraction of sp³-hybridized carbons (Fsp3) is 0.111. The number of nitriles is 1. The molecule has 1 N–H and O–H groups in total. The summed E-state index contributed by atoms with van der Waals surface area (Å²) in [7, 11) is 6.65. The zero-order valence-electron chi connectivity index (χ0n) is 7.40. The first-order valence-corrected chi connectivity index (χ1v) is 6.47. The molecule has 2 rings (SSSR count). The molecule has 1 heterocycles.